The van der Waals surface area contributed by atoms with E-state index in [0.29, 0.717) is 28.6 Å². The molecule has 0 radical (unpaired) electrons. The minimum absolute atomic E-state index is 0.0788. The number of benzene rings is 2. The van der Waals surface area contributed by atoms with Crippen LogP contribution in [0.2, 0.25) is 5.02 Å². The Morgan fingerprint density at radius 1 is 1.20 bits per heavy atom. The number of anilines is 1. The highest BCUT2D eigenvalue weighted by Gasteiger charge is 2.27. The number of hydrogen-bond acceptors (Lipinski definition) is 2. The van der Waals surface area contributed by atoms with Gasteiger partial charge in [0.25, 0.3) is 5.91 Å². The third-order valence-electron chi connectivity index (χ3n) is 3.17. The smallest absolute Gasteiger partial charge is 0.262 e. The highest BCUT2D eigenvalue weighted by atomic mass is 79.9. The number of ether oxygens (including phenoxy) is 1. The van der Waals surface area contributed by atoms with E-state index in [1.54, 1.807) is 35.2 Å². The van der Waals surface area contributed by atoms with Crippen molar-refractivity contribution in [1.29, 1.82) is 0 Å². The lowest BCUT2D eigenvalue weighted by atomic mass is 10.1. The number of halogens is 2. The van der Waals surface area contributed by atoms with Crippen LogP contribution in [0.5, 0.6) is 11.5 Å². The Hall–Kier alpha value is -1.52. The van der Waals surface area contributed by atoms with Gasteiger partial charge in [0.1, 0.15) is 5.75 Å². The Bertz CT molecular complexity index is 702. The number of nitrogens with zero attached hydrogens (tertiary/aromatic N) is 1. The molecule has 0 N–H and O–H groups in total. The van der Waals surface area contributed by atoms with Crippen molar-refractivity contribution in [1.82, 2.24) is 0 Å². The molecule has 1 aliphatic heterocycles. The Balaban J connectivity index is 2.24. The normalized spacial score (nSPS) is 13.3. The van der Waals surface area contributed by atoms with Gasteiger partial charge in [-0.2, -0.15) is 0 Å². The average molecular weight is 353 g/mol. The summed E-state index contributed by atoms with van der Waals surface area (Å²) in [5.41, 5.74) is 1.27. The fourth-order valence-corrected chi connectivity index (χ4v) is 2.76. The van der Waals surface area contributed by atoms with Gasteiger partial charge in [-0.15, -0.1) is 0 Å². The summed E-state index contributed by atoms with van der Waals surface area (Å²) in [7, 11) is 0. The maximum atomic E-state index is 12.7. The first kappa shape index (κ1) is 13.5. The van der Waals surface area contributed by atoms with Crippen LogP contribution >= 0.6 is 27.5 Å². The fourth-order valence-electron chi connectivity index (χ4n) is 2.24. The number of carbonyl (C=O) groups is 1. The van der Waals surface area contributed by atoms with Gasteiger partial charge in [0.15, 0.2) is 5.75 Å². The largest absolute Gasteiger partial charge is 0.454 e. The van der Waals surface area contributed by atoms with Crippen molar-refractivity contribution in [3.8, 4) is 11.5 Å². The van der Waals surface area contributed by atoms with Crippen LogP contribution in [-0.4, -0.2) is 12.5 Å². The van der Waals surface area contributed by atoms with Crippen LogP contribution in [0.4, 0.5) is 5.69 Å². The van der Waals surface area contributed by atoms with Gasteiger partial charge >= 0.3 is 0 Å². The summed E-state index contributed by atoms with van der Waals surface area (Å²) in [5, 5.41) is 0.577. The van der Waals surface area contributed by atoms with Gasteiger partial charge in [0, 0.05) is 22.1 Å². The first-order chi connectivity index (χ1) is 9.60. The van der Waals surface area contributed by atoms with Gasteiger partial charge in [-0.25, -0.2) is 0 Å². The third-order valence-corrected chi connectivity index (χ3v) is 3.89. The summed E-state index contributed by atoms with van der Waals surface area (Å²) in [6.07, 6.45) is 0. The van der Waals surface area contributed by atoms with Gasteiger partial charge in [0.05, 0.1) is 11.3 Å². The average Bonchev–Trinajstić information content (AvgIpc) is 2.53. The third kappa shape index (κ3) is 2.19. The quantitative estimate of drug-likeness (QED) is 0.732. The summed E-state index contributed by atoms with van der Waals surface area (Å²) in [6, 6.07) is 10.7. The number of fused-ring (bicyclic) bond motifs is 2. The molecule has 102 valence electrons. The summed E-state index contributed by atoms with van der Waals surface area (Å²) < 4.78 is 6.71. The predicted molar refractivity (Wildman–Crippen MR) is 83.0 cm³/mol. The number of hydrogen-bond donors (Lipinski definition) is 0. The van der Waals surface area contributed by atoms with Gasteiger partial charge < -0.3 is 9.64 Å². The molecule has 2 aromatic carbocycles. The molecule has 1 heterocycles. The van der Waals surface area contributed by atoms with Crippen molar-refractivity contribution >= 4 is 39.1 Å². The highest BCUT2D eigenvalue weighted by molar-refractivity contribution is 9.10. The minimum atomic E-state index is -0.0788. The maximum Gasteiger partial charge on any atom is 0.262 e. The Kier molecular flexibility index (Phi) is 3.44. The second-order valence-corrected chi connectivity index (χ2v) is 5.76. The van der Waals surface area contributed by atoms with Crippen molar-refractivity contribution < 1.29 is 9.53 Å². The number of carbonyl (C=O) groups excluding carboxylic acids is 1. The van der Waals surface area contributed by atoms with Crippen LogP contribution in [0.1, 0.15) is 17.3 Å². The van der Waals surface area contributed by atoms with Crippen molar-refractivity contribution in [2.75, 3.05) is 11.4 Å². The zero-order valence-electron chi connectivity index (χ0n) is 10.7. The van der Waals surface area contributed by atoms with E-state index in [9.17, 15) is 4.79 Å². The molecule has 0 saturated heterocycles. The molecule has 0 aromatic heterocycles. The monoisotopic (exact) mass is 351 g/mol. The molecule has 1 amide bonds. The molecular formula is C15H11BrClNO2. The minimum Gasteiger partial charge on any atom is -0.454 e. The zero-order chi connectivity index (χ0) is 14.3. The van der Waals surface area contributed by atoms with E-state index in [0.717, 1.165) is 10.2 Å². The van der Waals surface area contributed by atoms with Crippen LogP contribution in [-0.2, 0) is 0 Å². The molecule has 3 rings (SSSR count). The van der Waals surface area contributed by atoms with Gasteiger partial charge in [-0.1, -0.05) is 27.5 Å². The van der Waals surface area contributed by atoms with Gasteiger partial charge in [-0.05, 0) is 37.3 Å². The molecule has 0 aliphatic carbocycles. The van der Waals surface area contributed by atoms with E-state index in [2.05, 4.69) is 15.9 Å². The lowest BCUT2D eigenvalue weighted by molar-refractivity contribution is 0.0988. The second kappa shape index (κ2) is 5.11. The molecule has 0 atom stereocenters. The van der Waals surface area contributed by atoms with Crippen molar-refractivity contribution in [3.63, 3.8) is 0 Å². The zero-order valence-corrected chi connectivity index (χ0v) is 13.0. The summed E-state index contributed by atoms with van der Waals surface area (Å²) >= 11 is 9.40. The van der Waals surface area contributed by atoms with Crippen molar-refractivity contribution in [2.45, 2.75) is 6.92 Å². The SMILES string of the molecule is CCN1C(=O)c2cc(Br)ccc2Oc2cc(Cl)ccc21. The standard InChI is InChI=1S/C15H11BrClNO2/c1-2-18-12-5-4-10(17)8-14(12)20-13-6-3-9(16)7-11(13)15(18)19/h3-8H,2H2,1H3. The van der Waals surface area contributed by atoms with Crippen LogP contribution in [0, 0.1) is 0 Å². The number of rotatable bonds is 1. The van der Waals surface area contributed by atoms with E-state index >= 15 is 0 Å². The van der Waals surface area contributed by atoms with Crippen LogP contribution < -0.4 is 9.64 Å². The summed E-state index contributed by atoms with van der Waals surface area (Å²) in [6.45, 7) is 2.49. The molecular weight excluding hydrogens is 342 g/mol. The summed E-state index contributed by atoms with van der Waals surface area (Å²) in [5.74, 6) is 1.05. The Morgan fingerprint density at radius 3 is 2.75 bits per heavy atom. The summed E-state index contributed by atoms with van der Waals surface area (Å²) in [4.78, 5) is 14.3. The highest BCUT2D eigenvalue weighted by Crippen LogP contribution is 2.40. The molecule has 0 fully saturated rings. The van der Waals surface area contributed by atoms with E-state index in [1.807, 2.05) is 13.0 Å². The van der Waals surface area contributed by atoms with Gasteiger partial charge in [0.2, 0.25) is 0 Å². The molecule has 5 heteroatoms. The first-order valence-corrected chi connectivity index (χ1v) is 7.36. The molecule has 3 nitrogen and oxygen atoms in total. The predicted octanol–water partition coefficient (Wildman–Crippen LogP) is 4.87. The van der Waals surface area contributed by atoms with Gasteiger partial charge in [-0.3, -0.25) is 4.79 Å². The molecule has 0 unspecified atom stereocenters. The van der Waals surface area contributed by atoms with Crippen molar-refractivity contribution in [2.24, 2.45) is 0 Å². The molecule has 0 spiro atoms. The van der Waals surface area contributed by atoms with E-state index in [-0.39, 0.29) is 5.91 Å². The van der Waals surface area contributed by atoms with E-state index in [1.165, 1.54) is 0 Å². The molecule has 0 saturated carbocycles. The van der Waals surface area contributed by atoms with Crippen LogP contribution in [0.3, 0.4) is 0 Å². The van der Waals surface area contributed by atoms with E-state index in [4.69, 9.17) is 16.3 Å². The first-order valence-electron chi connectivity index (χ1n) is 6.19. The lowest BCUT2D eigenvalue weighted by Gasteiger charge is -2.20. The van der Waals surface area contributed by atoms with Crippen molar-refractivity contribution in [3.05, 3.63) is 51.5 Å². The maximum absolute atomic E-state index is 12.7. The molecule has 0 bridgehead atoms. The topological polar surface area (TPSA) is 29.5 Å². The Labute approximate surface area is 130 Å². The lowest BCUT2D eigenvalue weighted by Crippen LogP contribution is -2.29. The van der Waals surface area contributed by atoms with Crippen LogP contribution in [0.25, 0.3) is 0 Å². The number of amides is 1. The van der Waals surface area contributed by atoms with E-state index < -0.39 is 0 Å². The molecule has 1 aliphatic rings. The molecule has 20 heavy (non-hydrogen) atoms. The second-order valence-electron chi connectivity index (χ2n) is 4.40. The molecule has 2 aromatic rings. The Morgan fingerprint density at radius 2 is 2.00 bits per heavy atom. The fraction of sp³-hybridized carbons (Fsp3) is 0.133. The van der Waals surface area contributed by atoms with Crippen LogP contribution in [0.15, 0.2) is 40.9 Å².